The second-order valence-electron chi connectivity index (χ2n) is 11.6. The fraction of sp³-hybridized carbons (Fsp3) is 0.297. The number of nitrogens with one attached hydrogen (secondary N) is 1. The Hall–Kier alpha value is -5.82. The molecule has 1 saturated heterocycles. The third-order valence-electron chi connectivity index (χ3n) is 8.61. The lowest BCUT2D eigenvalue weighted by Gasteiger charge is -2.32. The van der Waals surface area contributed by atoms with E-state index in [1.54, 1.807) is 19.2 Å². The zero-order valence-electron chi connectivity index (χ0n) is 28.5. The van der Waals surface area contributed by atoms with Gasteiger partial charge in [0.2, 0.25) is 11.7 Å². The highest BCUT2D eigenvalue weighted by Crippen LogP contribution is 2.41. The molecule has 13 nitrogen and oxygen atoms in total. The monoisotopic (exact) mass is 680 g/mol. The van der Waals surface area contributed by atoms with Crippen LogP contribution in [0.25, 0.3) is 11.0 Å². The molecule has 0 radical (unpaired) electrons. The average Bonchev–Trinajstić information content (AvgIpc) is 3.57. The summed E-state index contributed by atoms with van der Waals surface area (Å²) >= 11 is 0. The maximum absolute atomic E-state index is 14.6. The number of aromatic nitrogens is 3. The van der Waals surface area contributed by atoms with Crippen molar-refractivity contribution in [2.75, 3.05) is 65.0 Å². The Morgan fingerprint density at radius 1 is 0.860 bits per heavy atom. The van der Waals surface area contributed by atoms with E-state index >= 15 is 0 Å². The molecule has 1 fully saturated rings. The largest absolute Gasteiger partial charge is 0.497 e. The van der Waals surface area contributed by atoms with E-state index in [1.807, 2.05) is 72.8 Å². The van der Waals surface area contributed by atoms with Gasteiger partial charge in [0.1, 0.15) is 23.9 Å². The van der Waals surface area contributed by atoms with Gasteiger partial charge in [0.25, 0.3) is 5.91 Å². The van der Waals surface area contributed by atoms with E-state index in [-0.39, 0.29) is 19.0 Å². The van der Waals surface area contributed by atoms with Gasteiger partial charge in [-0.25, -0.2) is 4.68 Å². The van der Waals surface area contributed by atoms with Crippen LogP contribution in [0, 0.1) is 0 Å². The van der Waals surface area contributed by atoms with Crippen LogP contribution in [0.4, 0.5) is 11.4 Å². The molecule has 1 aliphatic heterocycles. The molecule has 6 rings (SSSR count). The van der Waals surface area contributed by atoms with Gasteiger partial charge in [0.05, 0.1) is 47.2 Å². The van der Waals surface area contributed by atoms with Gasteiger partial charge in [-0.2, -0.15) is 0 Å². The van der Waals surface area contributed by atoms with Gasteiger partial charge in [-0.1, -0.05) is 29.5 Å². The molecule has 1 unspecified atom stereocenters. The molecule has 50 heavy (non-hydrogen) atoms. The molecule has 260 valence electrons. The number of carbonyl (C=O) groups is 2. The van der Waals surface area contributed by atoms with E-state index in [1.165, 1.54) is 30.9 Å². The van der Waals surface area contributed by atoms with E-state index in [0.29, 0.717) is 58.5 Å². The first-order valence-corrected chi connectivity index (χ1v) is 16.2. The van der Waals surface area contributed by atoms with Crippen molar-refractivity contribution in [2.24, 2.45) is 0 Å². The number of rotatable bonds is 13. The topological polar surface area (TPSA) is 130 Å². The third-order valence-corrected chi connectivity index (χ3v) is 8.61. The van der Waals surface area contributed by atoms with Crippen molar-refractivity contribution in [1.82, 2.24) is 19.9 Å². The summed E-state index contributed by atoms with van der Waals surface area (Å²) in [6.07, 6.45) is 0. The highest BCUT2D eigenvalue weighted by molar-refractivity contribution is 5.98. The van der Waals surface area contributed by atoms with Gasteiger partial charge in [-0.05, 0) is 71.8 Å². The summed E-state index contributed by atoms with van der Waals surface area (Å²) in [4.78, 5) is 32.9. The van der Waals surface area contributed by atoms with Gasteiger partial charge in [-0.15, -0.1) is 5.10 Å². The van der Waals surface area contributed by atoms with Crippen LogP contribution >= 0.6 is 0 Å². The zero-order valence-corrected chi connectivity index (χ0v) is 28.5. The van der Waals surface area contributed by atoms with Crippen molar-refractivity contribution < 1.29 is 33.3 Å². The van der Waals surface area contributed by atoms with Crippen LogP contribution in [0.15, 0.2) is 84.9 Å². The molecule has 4 aromatic carbocycles. The first kappa shape index (κ1) is 34.1. The number of nitrogens with zero attached hydrogens (tertiary/aromatic N) is 5. The number of methoxy groups -OCH3 is 4. The molecule has 2 amide bonds. The number of anilines is 2. The Bertz CT molecular complexity index is 1900. The number of fused-ring (bicyclic) bond motifs is 1. The molecule has 0 spiro atoms. The Morgan fingerprint density at radius 2 is 1.54 bits per heavy atom. The van der Waals surface area contributed by atoms with Gasteiger partial charge in [0.15, 0.2) is 11.5 Å². The van der Waals surface area contributed by atoms with Gasteiger partial charge >= 0.3 is 0 Å². The highest BCUT2D eigenvalue weighted by Gasteiger charge is 2.34. The zero-order chi connectivity index (χ0) is 35.0. The second kappa shape index (κ2) is 15.6. The number of hydrogen-bond donors (Lipinski definition) is 1. The molecule has 1 atom stereocenters. The second-order valence-corrected chi connectivity index (χ2v) is 11.6. The normalized spacial score (nSPS) is 13.4. The van der Waals surface area contributed by atoms with Crippen molar-refractivity contribution in [3.63, 3.8) is 0 Å². The summed E-state index contributed by atoms with van der Waals surface area (Å²) in [5.74, 6) is 0.901. The fourth-order valence-electron chi connectivity index (χ4n) is 6.02. The van der Waals surface area contributed by atoms with E-state index in [2.05, 4.69) is 20.5 Å². The lowest BCUT2D eigenvalue weighted by atomic mass is 10.0. The van der Waals surface area contributed by atoms with Crippen LogP contribution < -0.4 is 29.2 Å². The van der Waals surface area contributed by atoms with Crippen LogP contribution in [-0.4, -0.2) is 86.5 Å². The molecule has 0 aliphatic carbocycles. The summed E-state index contributed by atoms with van der Waals surface area (Å²) in [5, 5.41) is 11.5. The molecule has 1 aromatic heterocycles. The van der Waals surface area contributed by atoms with Crippen LogP contribution in [0.3, 0.4) is 0 Å². The Kier molecular flexibility index (Phi) is 10.6. The Balaban J connectivity index is 1.42. The van der Waals surface area contributed by atoms with E-state index in [4.69, 9.17) is 23.7 Å². The van der Waals surface area contributed by atoms with E-state index < -0.39 is 11.9 Å². The lowest BCUT2D eigenvalue weighted by molar-refractivity contribution is -0.140. The summed E-state index contributed by atoms with van der Waals surface area (Å²) in [6, 6.07) is 24.6. The fourth-order valence-corrected chi connectivity index (χ4v) is 6.02. The van der Waals surface area contributed by atoms with Crippen LogP contribution in [-0.2, 0) is 27.4 Å². The lowest BCUT2D eigenvalue weighted by Crippen LogP contribution is -2.42. The molecule has 1 N–H and O–H groups in total. The van der Waals surface area contributed by atoms with Crippen LogP contribution in [0.5, 0.6) is 23.0 Å². The van der Waals surface area contributed by atoms with E-state index in [0.717, 1.165) is 24.3 Å². The van der Waals surface area contributed by atoms with Gasteiger partial charge in [-0.3, -0.25) is 9.59 Å². The van der Waals surface area contributed by atoms with Crippen molar-refractivity contribution in [1.29, 1.82) is 0 Å². The van der Waals surface area contributed by atoms with Crippen molar-refractivity contribution in [3.05, 3.63) is 96.1 Å². The predicted octanol–water partition coefficient (Wildman–Crippen LogP) is 4.71. The Labute approximate surface area is 290 Å². The number of amides is 2. The van der Waals surface area contributed by atoms with Crippen molar-refractivity contribution in [2.45, 2.75) is 19.1 Å². The summed E-state index contributed by atoms with van der Waals surface area (Å²) in [7, 11) is 6.10. The molecular formula is C37H40N6O7. The molecule has 0 saturated carbocycles. The quantitative estimate of drug-likeness (QED) is 0.187. The summed E-state index contributed by atoms with van der Waals surface area (Å²) in [5.41, 5.74) is 4.18. The molecule has 13 heteroatoms. The first-order valence-electron chi connectivity index (χ1n) is 16.2. The molecule has 5 aromatic rings. The minimum absolute atomic E-state index is 0.0835. The highest BCUT2D eigenvalue weighted by atomic mass is 16.5. The van der Waals surface area contributed by atoms with Crippen LogP contribution in [0.2, 0.25) is 0 Å². The number of hydrogen-bond acceptors (Lipinski definition) is 10. The smallest absolute Gasteiger partial charge is 0.251 e. The van der Waals surface area contributed by atoms with Crippen molar-refractivity contribution >= 4 is 34.2 Å². The number of morpholine rings is 1. The van der Waals surface area contributed by atoms with E-state index in [9.17, 15) is 9.59 Å². The minimum atomic E-state index is -1.15. The number of ether oxygens (including phenoxy) is 5. The standard InChI is InChI=1S/C37H40N6O7/c1-46-29-15-9-25(10-16-29)23-42(34(44)24-43-31-8-6-5-7-30(31)39-40-43)35(26-21-32(47-2)36(49-4)33(22-26)48-3)37(45)38-27-11-13-28(14-12-27)41-17-19-50-20-18-41/h5-16,21-22,35H,17-20,23-24H2,1-4H3,(H,38,45). The maximum atomic E-state index is 14.6. The van der Waals surface area contributed by atoms with Crippen LogP contribution in [0.1, 0.15) is 17.2 Å². The molecule has 0 bridgehead atoms. The SMILES string of the molecule is COc1ccc(CN(C(=O)Cn2nnc3ccccc32)C(C(=O)Nc2ccc(N3CCOCC3)cc2)c2cc(OC)c(OC)c(OC)c2)cc1. The predicted molar refractivity (Wildman–Crippen MR) is 188 cm³/mol. The summed E-state index contributed by atoms with van der Waals surface area (Å²) in [6.45, 7) is 2.82. The van der Waals surface area contributed by atoms with Crippen molar-refractivity contribution in [3.8, 4) is 23.0 Å². The third kappa shape index (κ3) is 7.42. The van der Waals surface area contributed by atoms with Gasteiger partial charge < -0.3 is 38.8 Å². The number of carbonyl (C=O) groups excluding carboxylic acids is 2. The number of benzene rings is 4. The van der Waals surface area contributed by atoms with Gasteiger partial charge in [0, 0.05) is 31.0 Å². The minimum Gasteiger partial charge on any atom is -0.497 e. The Morgan fingerprint density at radius 3 is 2.18 bits per heavy atom. The first-order chi connectivity index (χ1) is 24.4. The summed E-state index contributed by atoms with van der Waals surface area (Å²) < 4.78 is 29.3. The molecule has 1 aliphatic rings. The molecular weight excluding hydrogens is 640 g/mol. The number of para-hydroxylation sites is 1. The average molecular weight is 681 g/mol. The maximum Gasteiger partial charge on any atom is 0.251 e. The molecule has 2 heterocycles.